The van der Waals surface area contributed by atoms with Crippen LogP contribution in [0.15, 0.2) is 30.3 Å². The van der Waals surface area contributed by atoms with Gasteiger partial charge >= 0.3 is 0 Å². The van der Waals surface area contributed by atoms with Crippen molar-refractivity contribution in [2.75, 3.05) is 14.2 Å². The van der Waals surface area contributed by atoms with Crippen LogP contribution < -0.4 is 9.47 Å². The van der Waals surface area contributed by atoms with Gasteiger partial charge in [0.25, 0.3) is 0 Å². The van der Waals surface area contributed by atoms with Crippen LogP contribution in [-0.2, 0) is 0 Å². The van der Waals surface area contributed by atoms with Crippen molar-refractivity contribution in [2.24, 2.45) is 0 Å². The second kappa shape index (κ2) is 6.14. The fraction of sp³-hybridized carbons (Fsp3) is 0.188. The molecule has 5 heteroatoms. The first-order valence-electron chi connectivity index (χ1n) is 6.21. The Kier molecular flexibility index (Phi) is 4.48. The highest BCUT2D eigenvalue weighted by Crippen LogP contribution is 2.37. The first-order valence-corrected chi connectivity index (χ1v) is 6.58. The van der Waals surface area contributed by atoms with Crippen molar-refractivity contribution in [3.8, 4) is 11.5 Å². The molecule has 0 saturated carbocycles. The SMILES string of the molecule is COc1ccc(C(=O)c2ccc(C)cc2F)c(OC)c1Cl. The zero-order chi connectivity index (χ0) is 15.6. The summed E-state index contributed by atoms with van der Waals surface area (Å²) in [6.07, 6.45) is 0. The molecule has 0 bridgehead atoms. The largest absolute Gasteiger partial charge is 0.495 e. The van der Waals surface area contributed by atoms with Crippen LogP contribution in [0.2, 0.25) is 5.02 Å². The van der Waals surface area contributed by atoms with Gasteiger partial charge in [-0.15, -0.1) is 0 Å². The zero-order valence-corrected chi connectivity index (χ0v) is 12.6. The average molecular weight is 309 g/mol. The predicted octanol–water partition coefficient (Wildman–Crippen LogP) is 4.04. The maximum Gasteiger partial charge on any atom is 0.199 e. The Hall–Kier alpha value is -2.07. The highest BCUT2D eigenvalue weighted by molar-refractivity contribution is 6.34. The summed E-state index contributed by atoms with van der Waals surface area (Å²) >= 11 is 6.11. The molecular weight excluding hydrogens is 295 g/mol. The van der Waals surface area contributed by atoms with Gasteiger partial charge in [0.15, 0.2) is 11.5 Å². The lowest BCUT2D eigenvalue weighted by Crippen LogP contribution is -2.07. The van der Waals surface area contributed by atoms with Crippen LogP contribution in [0.3, 0.4) is 0 Å². The molecule has 2 aromatic rings. The molecule has 0 aliphatic carbocycles. The number of halogens is 2. The molecule has 0 amide bonds. The highest BCUT2D eigenvalue weighted by atomic mass is 35.5. The van der Waals surface area contributed by atoms with Crippen LogP contribution in [0.1, 0.15) is 21.5 Å². The van der Waals surface area contributed by atoms with Gasteiger partial charge in [0.05, 0.1) is 25.3 Å². The molecule has 3 nitrogen and oxygen atoms in total. The topological polar surface area (TPSA) is 35.5 Å². The van der Waals surface area contributed by atoms with Gasteiger partial charge in [-0.25, -0.2) is 4.39 Å². The number of benzene rings is 2. The number of carbonyl (C=O) groups excluding carboxylic acids is 1. The summed E-state index contributed by atoms with van der Waals surface area (Å²) in [5.74, 6) is -0.515. The molecule has 0 aromatic heterocycles. The highest BCUT2D eigenvalue weighted by Gasteiger charge is 2.22. The molecule has 0 aliphatic rings. The Morgan fingerprint density at radius 1 is 1.10 bits per heavy atom. The van der Waals surface area contributed by atoms with Crippen molar-refractivity contribution in [2.45, 2.75) is 6.92 Å². The summed E-state index contributed by atoms with van der Waals surface area (Å²) < 4.78 is 24.2. The van der Waals surface area contributed by atoms with Crippen molar-refractivity contribution < 1.29 is 18.7 Å². The van der Waals surface area contributed by atoms with Gasteiger partial charge in [-0.05, 0) is 36.8 Å². The van der Waals surface area contributed by atoms with Crippen LogP contribution in [0.5, 0.6) is 11.5 Å². The van der Waals surface area contributed by atoms with Crippen LogP contribution in [0.25, 0.3) is 0 Å². The van der Waals surface area contributed by atoms with Gasteiger partial charge in [0.2, 0.25) is 0 Å². The molecular formula is C16H14ClFO3. The maximum atomic E-state index is 13.9. The lowest BCUT2D eigenvalue weighted by Gasteiger charge is -2.12. The lowest BCUT2D eigenvalue weighted by molar-refractivity contribution is 0.103. The standard InChI is InChI=1S/C16H14ClFO3/c1-9-4-5-10(12(18)8-9)15(19)11-6-7-13(20-2)14(17)16(11)21-3/h4-8H,1-3H3. The molecule has 21 heavy (non-hydrogen) atoms. The van der Waals surface area contributed by atoms with E-state index in [0.717, 1.165) is 5.56 Å². The summed E-state index contributed by atoms with van der Waals surface area (Å²) in [6, 6.07) is 7.48. The number of ketones is 1. The van der Waals surface area contributed by atoms with Crippen molar-refractivity contribution in [3.05, 3.63) is 57.9 Å². The number of hydrogen-bond acceptors (Lipinski definition) is 3. The minimum Gasteiger partial charge on any atom is -0.495 e. The van der Waals surface area contributed by atoms with Crippen LogP contribution in [0.4, 0.5) is 4.39 Å². The number of hydrogen-bond donors (Lipinski definition) is 0. The second-order valence-electron chi connectivity index (χ2n) is 4.48. The number of carbonyl (C=O) groups is 1. The molecule has 0 fully saturated rings. The lowest BCUT2D eigenvalue weighted by atomic mass is 10.0. The molecule has 0 unspecified atom stereocenters. The van der Waals surface area contributed by atoms with Gasteiger partial charge in [-0.1, -0.05) is 17.7 Å². The first-order chi connectivity index (χ1) is 9.99. The molecule has 0 aliphatic heterocycles. The molecule has 0 spiro atoms. The van der Waals surface area contributed by atoms with E-state index in [4.69, 9.17) is 21.1 Å². The van der Waals surface area contributed by atoms with Gasteiger partial charge in [-0.2, -0.15) is 0 Å². The smallest absolute Gasteiger partial charge is 0.199 e. The number of rotatable bonds is 4. The normalized spacial score (nSPS) is 10.3. The first kappa shape index (κ1) is 15.3. The summed E-state index contributed by atoms with van der Waals surface area (Å²) in [4.78, 5) is 12.5. The monoisotopic (exact) mass is 308 g/mol. The van der Waals surface area contributed by atoms with E-state index in [1.165, 1.54) is 32.4 Å². The predicted molar refractivity (Wildman–Crippen MR) is 79.1 cm³/mol. The van der Waals surface area contributed by atoms with Gasteiger partial charge in [0.1, 0.15) is 16.6 Å². The summed E-state index contributed by atoms with van der Waals surface area (Å²) in [5.41, 5.74) is 0.898. The van der Waals surface area contributed by atoms with Crippen molar-refractivity contribution in [1.29, 1.82) is 0 Å². The third-order valence-electron chi connectivity index (χ3n) is 3.10. The number of methoxy groups -OCH3 is 2. The van der Waals surface area contributed by atoms with Crippen LogP contribution in [-0.4, -0.2) is 20.0 Å². The summed E-state index contributed by atoms with van der Waals surface area (Å²) in [6.45, 7) is 1.75. The maximum absolute atomic E-state index is 13.9. The number of aryl methyl sites for hydroxylation is 1. The molecule has 0 saturated heterocycles. The van der Waals surface area contributed by atoms with Gasteiger partial charge in [-0.3, -0.25) is 4.79 Å². The Morgan fingerprint density at radius 3 is 2.33 bits per heavy atom. The van der Waals surface area contributed by atoms with E-state index in [0.29, 0.717) is 5.75 Å². The summed E-state index contributed by atoms with van der Waals surface area (Å²) in [5, 5.41) is 0.179. The van der Waals surface area contributed by atoms with Crippen molar-refractivity contribution in [1.82, 2.24) is 0 Å². The fourth-order valence-corrected chi connectivity index (χ4v) is 2.34. The molecule has 2 rings (SSSR count). The molecule has 2 aromatic carbocycles. The Morgan fingerprint density at radius 2 is 1.76 bits per heavy atom. The average Bonchev–Trinajstić information content (AvgIpc) is 2.46. The summed E-state index contributed by atoms with van der Waals surface area (Å²) in [7, 11) is 2.85. The van der Waals surface area contributed by atoms with E-state index in [9.17, 15) is 9.18 Å². The third kappa shape index (κ3) is 2.85. The van der Waals surface area contributed by atoms with Crippen LogP contribution >= 0.6 is 11.6 Å². The van der Waals surface area contributed by atoms with E-state index in [2.05, 4.69) is 0 Å². The Labute approximate surface area is 127 Å². The minimum absolute atomic E-state index is 0.0277. The quantitative estimate of drug-likeness (QED) is 0.800. The molecule has 0 atom stereocenters. The second-order valence-corrected chi connectivity index (χ2v) is 4.85. The minimum atomic E-state index is -0.575. The van der Waals surface area contributed by atoms with E-state index in [1.807, 2.05) is 0 Å². The van der Waals surface area contributed by atoms with Crippen molar-refractivity contribution in [3.63, 3.8) is 0 Å². The fourth-order valence-electron chi connectivity index (χ4n) is 2.02. The molecule has 0 radical (unpaired) electrons. The molecule has 0 heterocycles. The van der Waals surface area contributed by atoms with E-state index in [1.54, 1.807) is 19.1 Å². The Balaban J connectivity index is 2.55. The van der Waals surface area contributed by atoms with E-state index in [-0.39, 0.29) is 21.9 Å². The van der Waals surface area contributed by atoms with Gasteiger partial charge < -0.3 is 9.47 Å². The number of ether oxygens (including phenoxy) is 2. The van der Waals surface area contributed by atoms with Crippen LogP contribution in [0, 0.1) is 12.7 Å². The van der Waals surface area contributed by atoms with E-state index < -0.39 is 11.6 Å². The molecule has 110 valence electrons. The van der Waals surface area contributed by atoms with Gasteiger partial charge in [0, 0.05) is 0 Å². The molecule has 0 N–H and O–H groups in total. The van der Waals surface area contributed by atoms with Crippen molar-refractivity contribution >= 4 is 17.4 Å². The van der Waals surface area contributed by atoms with E-state index >= 15 is 0 Å². The Bertz CT molecular complexity index is 698. The zero-order valence-electron chi connectivity index (χ0n) is 11.9. The third-order valence-corrected chi connectivity index (χ3v) is 3.46.